The molecule has 33 heavy (non-hydrogen) atoms. The summed E-state index contributed by atoms with van der Waals surface area (Å²) < 4.78 is 1.90. The fourth-order valence-corrected chi connectivity index (χ4v) is 4.44. The standard InChI is InChI=1S/C25H29Cl2N5O/c1-25(2,3)31-12-13-32(20-8-9-22(26)23(27)14-20)21(16-31)15-29-24(33)18-4-6-19(7-5-18)30-11-10-28-17-30/h4-11,14,17,21H,12-13,15-16H2,1-3H3,(H,29,33). The van der Waals surface area contributed by atoms with Crippen LogP contribution in [-0.2, 0) is 0 Å². The Bertz CT molecular complexity index is 1090. The van der Waals surface area contributed by atoms with Gasteiger partial charge in [0.15, 0.2) is 0 Å². The van der Waals surface area contributed by atoms with Crippen LogP contribution in [0.2, 0.25) is 10.0 Å². The number of nitrogens with zero attached hydrogens (tertiary/aromatic N) is 4. The molecule has 1 aliphatic rings. The monoisotopic (exact) mass is 485 g/mol. The van der Waals surface area contributed by atoms with E-state index >= 15 is 0 Å². The second-order valence-corrected chi connectivity index (χ2v) is 10.1. The van der Waals surface area contributed by atoms with Crippen molar-refractivity contribution in [2.45, 2.75) is 32.4 Å². The third kappa shape index (κ3) is 5.52. The van der Waals surface area contributed by atoms with Crippen LogP contribution in [0.3, 0.4) is 0 Å². The van der Waals surface area contributed by atoms with Gasteiger partial charge in [-0.3, -0.25) is 9.69 Å². The zero-order valence-electron chi connectivity index (χ0n) is 19.1. The molecule has 0 saturated carbocycles. The third-order valence-electron chi connectivity index (χ3n) is 6.10. The molecule has 4 rings (SSSR count). The van der Waals surface area contributed by atoms with E-state index in [2.05, 4.69) is 40.9 Å². The van der Waals surface area contributed by atoms with Gasteiger partial charge in [0, 0.05) is 61.0 Å². The maximum atomic E-state index is 12.9. The Kier molecular flexibility index (Phi) is 6.98. The summed E-state index contributed by atoms with van der Waals surface area (Å²) in [6.07, 6.45) is 5.33. The number of anilines is 1. The minimum Gasteiger partial charge on any atom is -0.364 e. The van der Waals surface area contributed by atoms with Gasteiger partial charge >= 0.3 is 0 Å². The lowest BCUT2D eigenvalue weighted by atomic mass is 10.0. The number of aromatic nitrogens is 2. The van der Waals surface area contributed by atoms with Gasteiger partial charge in [0.2, 0.25) is 0 Å². The molecular formula is C25H29Cl2N5O. The molecule has 8 heteroatoms. The van der Waals surface area contributed by atoms with Crippen molar-refractivity contribution in [2.24, 2.45) is 0 Å². The van der Waals surface area contributed by atoms with Crippen molar-refractivity contribution in [1.29, 1.82) is 0 Å². The first-order valence-corrected chi connectivity index (χ1v) is 11.8. The molecule has 2 heterocycles. The van der Waals surface area contributed by atoms with Gasteiger partial charge in [-0.15, -0.1) is 0 Å². The first-order chi connectivity index (χ1) is 15.7. The number of hydrogen-bond donors (Lipinski definition) is 1. The Morgan fingerprint density at radius 1 is 1.06 bits per heavy atom. The number of benzene rings is 2. The van der Waals surface area contributed by atoms with E-state index in [1.165, 1.54) is 0 Å². The zero-order valence-corrected chi connectivity index (χ0v) is 20.6. The van der Waals surface area contributed by atoms with Crippen molar-refractivity contribution >= 4 is 34.8 Å². The Morgan fingerprint density at radius 3 is 2.42 bits per heavy atom. The number of nitrogens with one attached hydrogen (secondary N) is 1. The van der Waals surface area contributed by atoms with E-state index in [4.69, 9.17) is 23.2 Å². The summed E-state index contributed by atoms with van der Waals surface area (Å²) in [6, 6.07) is 13.3. The molecule has 0 spiro atoms. The second-order valence-electron chi connectivity index (χ2n) is 9.29. The van der Waals surface area contributed by atoms with Crippen LogP contribution < -0.4 is 10.2 Å². The lowest BCUT2D eigenvalue weighted by Gasteiger charge is -2.47. The molecule has 1 saturated heterocycles. The van der Waals surface area contributed by atoms with Crippen LogP contribution in [0.15, 0.2) is 61.2 Å². The number of amides is 1. The number of carbonyl (C=O) groups excluding carboxylic acids is 1. The SMILES string of the molecule is CC(C)(C)N1CCN(c2ccc(Cl)c(Cl)c2)C(CNC(=O)c2ccc(-n3ccnc3)cc2)C1. The maximum absolute atomic E-state index is 12.9. The number of halogens is 2. The highest BCUT2D eigenvalue weighted by molar-refractivity contribution is 6.42. The highest BCUT2D eigenvalue weighted by Gasteiger charge is 2.33. The van der Waals surface area contributed by atoms with Crippen molar-refractivity contribution in [2.75, 3.05) is 31.1 Å². The fourth-order valence-electron chi connectivity index (χ4n) is 4.15. The number of rotatable bonds is 5. The lowest BCUT2D eigenvalue weighted by molar-refractivity contribution is 0.0915. The Hall–Kier alpha value is -2.54. The van der Waals surface area contributed by atoms with Crippen LogP contribution in [0, 0.1) is 0 Å². The van der Waals surface area contributed by atoms with E-state index in [0.717, 1.165) is 31.0 Å². The number of carbonyl (C=O) groups is 1. The van der Waals surface area contributed by atoms with Gasteiger partial charge in [-0.25, -0.2) is 4.98 Å². The van der Waals surface area contributed by atoms with Gasteiger partial charge < -0.3 is 14.8 Å². The fraction of sp³-hybridized carbons (Fsp3) is 0.360. The van der Waals surface area contributed by atoms with E-state index < -0.39 is 0 Å². The van der Waals surface area contributed by atoms with Crippen LogP contribution in [0.1, 0.15) is 31.1 Å². The highest BCUT2D eigenvalue weighted by Crippen LogP contribution is 2.30. The van der Waals surface area contributed by atoms with E-state index in [0.29, 0.717) is 22.2 Å². The highest BCUT2D eigenvalue weighted by atomic mass is 35.5. The summed E-state index contributed by atoms with van der Waals surface area (Å²) in [7, 11) is 0. The molecule has 0 aliphatic carbocycles. The van der Waals surface area contributed by atoms with Crippen molar-refractivity contribution in [3.8, 4) is 5.69 Å². The first kappa shape index (κ1) is 23.6. The maximum Gasteiger partial charge on any atom is 0.251 e. The van der Waals surface area contributed by atoms with Gasteiger partial charge in [-0.1, -0.05) is 23.2 Å². The van der Waals surface area contributed by atoms with Crippen molar-refractivity contribution in [1.82, 2.24) is 19.8 Å². The predicted molar refractivity (Wildman–Crippen MR) is 135 cm³/mol. The third-order valence-corrected chi connectivity index (χ3v) is 6.84. The number of hydrogen-bond acceptors (Lipinski definition) is 4. The quantitative estimate of drug-likeness (QED) is 0.558. The summed E-state index contributed by atoms with van der Waals surface area (Å²) >= 11 is 12.4. The molecule has 1 aromatic heterocycles. The summed E-state index contributed by atoms with van der Waals surface area (Å²) in [4.78, 5) is 21.7. The van der Waals surface area contributed by atoms with E-state index in [1.807, 2.05) is 53.2 Å². The Labute approximate surface area is 205 Å². The van der Waals surface area contributed by atoms with Gasteiger partial charge in [0.05, 0.1) is 22.4 Å². The van der Waals surface area contributed by atoms with E-state index in [-0.39, 0.29) is 17.5 Å². The summed E-state index contributed by atoms with van der Waals surface area (Å²) in [5.41, 5.74) is 2.66. The summed E-state index contributed by atoms with van der Waals surface area (Å²) in [6.45, 7) is 9.80. The average Bonchev–Trinajstić information content (AvgIpc) is 3.34. The van der Waals surface area contributed by atoms with Crippen LogP contribution in [0.25, 0.3) is 5.69 Å². The molecule has 0 bridgehead atoms. The summed E-state index contributed by atoms with van der Waals surface area (Å²) in [5, 5.41) is 4.21. The topological polar surface area (TPSA) is 53.4 Å². The van der Waals surface area contributed by atoms with Gasteiger partial charge in [-0.2, -0.15) is 0 Å². The molecule has 3 aromatic rings. The molecule has 1 fully saturated rings. The van der Waals surface area contributed by atoms with E-state index in [9.17, 15) is 4.79 Å². The molecule has 174 valence electrons. The molecule has 1 atom stereocenters. The molecular weight excluding hydrogens is 457 g/mol. The van der Waals surface area contributed by atoms with Gasteiger partial charge in [0.25, 0.3) is 5.91 Å². The first-order valence-electron chi connectivity index (χ1n) is 11.1. The van der Waals surface area contributed by atoms with Gasteiger partial charge in [0.1, 0.15) is 0 Å². The Morgan fingerprint density at radius 2 is 1.79 bits per heavy atom. The number of imidazole rings is 1. The molecule has 1 unspecified atom stereocenters. The predicted octanol–water partition coefficient (Wildman–Crippen LogP) is 4.90. The Balaban J connectivity index is 1.48. The van der Waals surface area contributed by atoms with Crippen molar-refractivity contribution < 1.29 is 4.79 Å². The van der Waals surface area contributed by atoms with Crippen molar-refractivity contribution in [3.63, 3.8) is 0 Å². The zero-order chi connectivity index (χ0) is 23.6. The molecule has 6 nitrogen and oxygen atoms in total. The lowest BCUT2D eigenvalue weighted by Crippen LogP contribution is -2.61. The largest absolute Gasteiger partial charge is 0.364 e. The smallest absolute Gasteiger partial charge is 0.251 e. The second kappa shape index (κ2) is 9.75. The van der Waals surface area contributed by atoms with Crippen LogP contribution >= 0.6 is 23.2 Å². The molecule has 1 N–H and O–H groups in total. The van der Waals surface area contributed by atoms with Crippen LogP contribution in [0.5, 0.6) is 0 Å². The molecule has 0 radical (unpaired) electrons. The van der Waals surface area contributed by atoms with E-state index in [1.54, 1.807) is 12.5 Å². The molecule has 2 aromatic carbocycles. The van der Waals surface area contributed by atoms with Gasteiger partial charge in [-0.05, 0) is 63.2 Å². The van der Waals surface area contributed by atoms with Crippen LogP contribution in [0.4, 0.5) is 5.69 Å². The normalized spacial score (nSPS) is 17.2. The number of piperazine rings is 1. The summed E-state index contributed by atoms with van der Waals surface area (Å²) in [5.74, 6) is -0.0887. The minimum absolute atomic E-state index is 0.0507. The van der Waals surface area contributed by atoms with Crippen LogP contribution in [-0.4, -0.2) is 58.1 Å². The average molecular weight is 486 g/mol. The minimum atomic E-state index is -0.0887. The molecule has 1 amide bonds. The van der Waals surface area contributed by atoms with Crippen molar-refractivity contribution in [3.05, 3.63) is 76.8 Å². The molecule has 1 aliphatic heterocycles.